The van der Waals surface area contributed by atoms with E-state index in [1.165, 1.54) is 28.1 Å². The van der Waals surface area contributed by atoms with Crippen molar-refractivity contribution >= 4 is 5.71 Å². The van der Waals surface area contributed by atoms with Crippen LogP contribution >= 0.6 is 0 Å². The molecule has 0 atom stereocenters. The van der Waals surface area contributed by atoms with Crippen molar-refractivity contribution in [2.45, 2.75) is 48.5 Å². The smallest absolute Gasteiger partial charge is 0.190 e. The number of hydrogen-bond donors (Lipinski definition) is 0. The van der Waals surface area contributed by atoms with E-state index in [0.717, 1.165) is 0 Å². The summed E-state index contributed by atoms with van der Waals surface area (Å²) in [6.07, 6.45) is 17.8. The van der Waals surface area contributed by atoms with Crippen LogP contribution in [0.15, 0.2) is 71.3 Å². The molecular formula is C24H35N2+. The number of nitrogens with zero attached hydrogens (tertiary/aromatic N) is 2. The fourth-order valence-electron chi connectivity index (χ4n) is 3.47. The lowest BCUT2D eigenvalue weighted by Gasteiger charge is -2.23. The van der Waals surface area contributed by atoms with Gasteiger partial charge in [-0.1, -0.05) is 32.1 Å². The standard InChI is InChI=1S/C24H35N2/c1-18(10-12-21-23(4,5)14-16-25(21)8)20(3)19(2)11-13-22-24(6,7)15-17-26(22)9/h10-17H,1-9H3/q+1. The molecule has 140 valence electrons. The highest BCUT2D eigenvalue weighted by atomic mass is 15.1. The maximum atomic E-state index is 2.25. The molecular weight excluding hydrogens is 316 g/mol. The lowest BCUT2D eigenvalue weighted by atomic mass is 9.88. The van der Waals surface area contributed by atoms with E-state index in [-0.39, 0.29) is 10.8 Å². The molecule has 0 amide bonds. The Balaban J connectivity index is 2.22. The molecule has 0 unspecified atom stereocenters. The Hall–Kier alpha value is -2.09. The van der Waals surface area contributed by atoms with Crippen LogP contribution in [0.2, 0.25) is 0 Å². The highest BCUT2D eigenvalue weighted by molar-refractivity contribution is 5.98. The second-order valence-corrected chi connectivity index (χ2v) is 8.72. The first-order chi connectivity index (χ1) is 12.0. The molecule has 0 aromatic carbocycles. The van der Waals surface area contributed by atoms with Gasteiger partial charge in [0.15, 0.2) is 11.9 Å². The summed E-state index contributed by atoms with van der Waals surface area (Å²) in [6, 6.07) is 0. The zero-order valence-electron chi connectivity index (χ0n) is 18.0. The van der Waals surface area contributed by atoms with Gasteiger partial charge in [-0.3, -0.25) is 0 Å². The van der Waals surface area contributed by atoms with Crippen LogP contribution in [-0.2, 0) is 0 Å². The SMILES string of the molecule is CC(=CC=C1N(C)C=CC1(C)C)/C(C)=C(/C)C=CC1=[N+](C)C=CC1(C)C. The third-order valence-electron chi connectivity index (χ3n) is 5.68. The largest absolute Gasteiger partial charge is 0.354 e. The Bertz CT molecular complexity index is 790. The second-order valence-electron chi connectivity index (χ2n) is 8.72. The molecule has 2 aliphatic heterocycles. The first kappa shape index (κ1) is 20.2. The summed E-state index contributed by atoms with van der Waals surface area (Å²) in [5.41, 5.74) is 6.79. The number of hydrogen-bond acceptors (Lipinski definition) is 1. The molecule has 0 aliphatic carbocycles. The highest BCUT2D eigenvalue weighted by Crippen LogP contribution is 2.35. The van der Waals surface area contributed by atoms with Gasteiger partial charge in [0.05, 0.1) is 5.41 Å². The van der Waals surface area contributed by atoms with E-state index in [9.17, 15) is 0 Å². The minimum absolute atomic E-state index is 0.0976. The average Bonchev–Trinajstić information content (AvgIpc) is 2.97. The average molecular weight is 352 g/mol. The topological polar surface area (TPSA) is 6.25 Å². The summed E-state index contributed by atoms with van der Waals surface area (Å²) >= 11 is 0. The van der Waals surface area contributed by atoms with Crippen molar-refractivity contribution in [2.24, 2.45) is 10.8 Å². The summed E-state index contributed by atoms with van der Waals surface area (Å²) < 4.78 is 2.21. The third kappa shape index (κ3) is 4.17. The molecule has 0 saturated heterocycles. The van der Waals surface area contributed by atoms with Crippen LogP contribution in [0.5, 0.6) is 0 Å². The van der Waals surface area contributed by atoms with Crippen molar-refractivity contribution in [3.05, 3.63) is 71.3 Å². The maximum absolute atomic E-state index is 2.25. The Labute approximate surface area is 160 Å². The molecule has 2 heterocycles. The van der Waals surface area contributed by atoms with E-state index in [1.807, 2.05) is 0 Å². The molecule has 0 N–H and O–H groups in total. The van der Waals surface area contributed by atoms with Crippen molar-refractivity contribution in [3.63, 3.8) is 0 Å². The summed E-state index contributed by atoms with van der Waals surface area (Å²) in [6.45, 7) is 15.6. The van der Waals surface area contributed by atoms with Crippen LogP contribution in [0.1, 0.15) is 48.5 Å². The van der Waals surface area contributed by atoms with E-state index in [0.29, 0.717) is 0 Å². The van der Waals surface area contributed by atoms with Crippen molar-refractivity contribution in [3.8, 4) is 0 Å². The fraction of sp³-hybridized carbons (Fsp3) is 0.458. The number of rotatable bonds is 4. The summed E-state index contributed by atoms with van der Waals surface area (Å²) in [5, 5.41) is 0. The molecule has 2 aliphatic rings. The van der Waals surface area contributed by atoms with Crippen LogP contribution in [0.3, 0.4) is 0 Å². The van der Waals surface area contributed by atoms with Gasteiger partial charge in [-0.05, 0) is 63.5 Å². The molecule has 0 aromatic rings. The quantitative estimate of drug-likeness (QED) is 0.456. The molecule has 2 heteroatoms. The lowest BCUT2D eigenvalue weighted by Crippen LogP contribution is -2.21. The first-order valence-electron chi connectivity index (χ1n) is 9.42. The van der Waals surface area contributed by atoms with Gasteiger partial charge in [0, 0.05) is 30.4 Å². The van der Waals surface area contributed by atoms with Gasteiger partial charge in [0.2, 0.25) is 0 Å². The van der Waals surface area contributed by atoms with Gasteiger partial charge < -0.3 is 4.90 Å². The number of allylic oxidation sites excluding steroid dienone is 9. The molecule has 0 saturated carbocycles. The Morgan fingerprint density at radius 1 is 1.04 bits per heavy atom. The van der Waals surface area contributed by atoms with Gasteiger partial charge in [-0.2, -0.15) is 0 Å². The van der Waals surface area contributed by atoms with Gasteiger partial charge in [-0.15, -0.1) is 0 Å². The Morgan fingerprint density at radius 2 is 1.69 bits per heavy atom. The minimum atomic E-state index is 0.0976. The predicted octanol–water partition coefficient (Wildman–Crippen LogP) is 5.83. The molecule has 26 heavy (non-hydrogen) atoms. The zero-order valence-corrected chi connectivity index (χ0v) is 18.0. The summed E-state index contributed by atoms with van der Waals surface area (Å²) in [7, 11) is 4.23. The van der Waals surface area contributed by atoms with Crippen LogP contribution in [-0.4, -0.2) is 29.3 Å². The minimum Gasteiger partial charge on any atom is -0.354 e. The van der Waals surface area contributed by atoms with Crippen LogP contribution < -0.4 is 0 Å². The summed E-state index contributed by atoms with van der Waals surface area (Å²) in [4.78, 5) is 2.21. The Kier molecular flexibility index (Phi) is 5.65. The van der Waals surface area contributed by atoms with E-state index in [4.69, 9.17) is 0 Å². The molecule has 0 fully saturated rings. The van der Waals surface area contributed by atoms with E-state index in [2.05, 4.69) is 121 Å². The van der Waals surface area contributed by atoms with Crippen molar-refractivity contribution in [1.82, 2.24) is 4.90 Å². The van der Waals surface area contributed by atoms with Crippen LogP contribution in [0.25, 0.3) is 0 Å². The molecule has 0 aromatic heterocycles. The lowest BCUT2D eigenvalue weighted by molar-refractivity contribution is -0.419. The second kappa shape index (κ2) is 7.26. The van der Waals surface area contributed by atoms with Crippen LogP contribution in [0, 0.1) is 10.8 Å². The molecule has 0 radical (unpaired) electrons. The third-order valence-corrected chi connectivity index (χ3v) is 5.68. The van der Waals surface area contributed by atoms with E-state index >= 15 is 0 Å². The monoisotopic (exact) mass is 351 g/mol. The van der Waals surface area contributed by atoms with E-state index in [1.54, 1.807) is 0 Å². The first-order valence-corrected chi connectivity index (χ1v) is 9.42. The van der Waals surface area contributed by atoms with Gasteiger partial charge in [-0.25, -0.2) is 4.58 Å². The maximum Gasteiger partial charge on any atom is 0.190 e. The molecule has 2 nitrogen and oxygen atoms in total. The van der Waals surface area contributed by atoms with Crippen molar-refractivity contribution in [1.29, 1.82) is 0 Å². The highest BCUT2D eigenvalue weighted by Gasteiger charge is 2.32. The molecule has 2 rings (SSSR count). The van der Waals surface area contributed by atoms with Crippen molar-refractivity contribution in [2.75, 3.05) is 14.1 Å². The molecule has 0 spiro atoms. The Morgan fingerprint density at radius 3 is 2.19 bits per heavy atom. The van der Waals surface area contributed by atoms with Crippen molar-refractivity contribution < 1.29 is 4.58 Å². The van der Waals surface area contributed by atoms with Gasteiger partial charge in [0.1, 0.15) is 7.05 Å². The summed E-state index contributed by atoms with van der Waals surface area (Å²) in [5.74, 6) is 0. The van der Waals surface area contributed by atoms with Gasteiger partial charge >= 0.3 is 0 Å². The van der Waals surface area contributed by atoms with Crippen LogP contribution in [0.4, 0.5) is 0 Å². The molecule has 0 bridgehead atoms. The predicted molar refractivity (Wildman–Crippen MR) is 114 cm³/mol. The van der Waals surface area contributed by atoms with Gasteiger partial charge in [0.25, 0.3) is 0 Å². The fourth-order valence-corrected chi connectivity index (χ4v) is 3.47. The van der Waals surface area contributed by atoms with E-state index < -0.39 is 0 Å². The zero-order chi connectivity index (χ0) is 19.7. The normalized spacial score (nSPS) is 24.4.